The van der Waals surface area contributed by atoms with Crippen LogP contribution in [0.2, 0.25) is 0 Å². The lowest BCUT2D eigenvalue weighted by Crippen LogP contribution is -2.41. The number of hydrogen-bond donors (Lipinski definition) is 2. The summed E-state index contributed by atoms with van der Waals surface area (Å²) in [7, 11) is 3.91. The Balaban J connectivity index is 2.20. The van der Waals surface area contributed by atoms with E-state index in [1.807, 2.05) is 0 Å². The van der Waals surface area contributed by atoms with Gasteiger partial charge in [-0.25, -0.2) is 0 Å². The normalized spacial score (nSPS) is 17.2. The zero-order valence-electron chi connectivity index (χ0n) is 17.0. The Morgan fingerprint density at radius 3 is 2.60 bits per heavy atom. The van der Waals surface area contributed by atoms with Gasteiger partial charge in [0.2, 0.25) is 0 Å². The van der Waals surface area contributed by atoms with E-state index in [1.165, 1.54) is 38.9 Å². The van der Waals surface area contributed by atoms with Crippen molar-refractivity contribution >= 4 is 5.96 Å². The Kier molecular flexibility index (Phi) is 12.7. The molecule has 1 aliphatic rings. The number of likely N-dealkylation sites (N-methyl/N-ethyl adjacent to an activating group) is 1. The van der Waals surface area contributed by atoms with Crippen molar-refractivity contribution in [2.75, 3.05) is 73.1 Å². The van der Waals surface area contributed by atoms with Crippen LogP contribution in [-0.4, -0.2) is 88.9 Å². The summed E-state index contributed by atoms with van der Waals surface area (Å²) in [6.07, 6.45) is 4.96. The second kappa shape index (κ2) is 14.3. The first kappa shape index (κ1) is 22.2. The molecule has 0 spiro atoms. The maximum absolute atomic E-state index is 5.10. The van der Waals surface area contributed by atoms with Crippen LogP contribution >= 0.6 is 0 Å². The van der Waals surface area contributed by atoms with Gasteiger partial charge < -0.3 is 25.2 Å². The summed E-state index contributed by atoms with van der Waals surface area (Å²) in [4.78, 5) is 9.64. The first-order valence-electron chi connectivity index (χ1n) is 10.1. The maximum atomic E-state index is 5.10. The van der Waals surface area contributed by atoms with Crippen LogP contribution < -0.4 is 10.6 Å². The van der Waals surface area contributed by atoms with E-state index in [0.717, 1.165) is 57.6 Å². The minimum Gasteiger partial charge on any atom is -0.385 e. The molecule has 1 rings (SSSR count). The van der Waals surface area contributed by atoms with E-state index < -0.39 is 0 Å². The molecule has 0 aliphatic carbocycles. The van der Waals surface area contributed by atoms with Crippen LogP contribution in [0.1, 0.15) is 39.5 Å². The fourth-order valence-corrected chi connectivity index (χ4v) is 3.25. The van der Waals surface area contributed by atoms with Crippen LogP contribution in [0.4, 0.5) is 0 Å². The van der Waals surface area contributed by atoms with E-state index in [1.54, 1.807) is 7.11 Å². The van der Waals surface area contributed by atoms with Crippen LogP contribution in [0.15, 0.2) is 4.99 Å². The first-order valence-corrected chi connectivity index (χ1v) is 10.1. The summed E-state index contributed by atoms with van der Waals surface area (Å²) < 4.78 is 5.10. The Labute approximate surface area is 155 Å². The fraction of sp³-hybridized carbons (Fsp3) is 0.947. The minimum absolute atomic E-state index is 0.832. The largest absolute Gasteiger partial charge is 0.385 e. The molecule has 1 aliphatic heterocycles. The Morgan fingerprint density at radius 2 is 1.96 bits per heavy atom. The summed E-state index contributed by atoms with van der Waals surface area (Å²) in [5.41, 5.74) is 0. The lowest BCUT2D eigenvalue weighted by atomic mass is 9.94. The van der Waals surface area contributed by atoms with Gasteiger partial charge in [0, 0.05) is 46.4 Å². The van der Waals surface area contributed by atoms with Crippen LogP contribution in [0, 0.1) is 5.92 Å². The summed E-state index contributed by atoms with van der Waals surface area (Å²) >= 11 is 0. The van der Waals surface area contributed by atoms with Gasteiger partial charge >= 0.3 is 0 Å². The lowest BCUT2D eigenvalue weighted by molar-refractivity contribution is 0.180. The number of nitrogens with zero attached hydrogens (tertiary/aromatic N) is 3. The molecule has 148 valence electrons. The third-order valence-corrected chi connectivity index (χ3v) is 4.98. The predicted molar refractivity (Wildman–Crippen MR) is 107 cm³/mol. The van der Waals surface area contributed by atoms with Gasteiger partial charge in [0.15, 0.2) is 5.96 Å². The van der Waals surface area contributed by atoms with Gasteiger partial charge in [-0.1, -0.05) is 6.92 Å². The molecule has 0 radical (unpaired) electrons. The van der Waals surface area contributed by atoms with Crippen molar-refractivity contribution in [1.29, 1.82) is 0 Å². The Hall–Kier alpha value is -0.850. The average Bonchev–Trinajstić information content (AvgIpc) is 2.62. The Morgan fingerprint density at radius 1 is 1.20 bits per heavy atom. The molecule has 1 saturated heterocycles. The maximum Gasteiger partial charge on any atom is 0.191 e. The van der Waals surface area contributed by atoms with Gasteiger partial charge in [-0.2, -0.15) is 0 Å². The quantitative estimate of drug-likeness (QED) is 0.317. The highest BCUT2D eigenvalue weighted by Crippen LogP contribution is 2.19. The number of hydrogen-bond acceptors (Lipinski definition) is 4. The monoisotopic (exact) mass is 355 g/mol. The molecule has 0 aromatic heterocycles. The Bertz CT molecular complexity index is 343. The van der Waals surface area contributed by atoms with Gasteiger partial charge in [-0.3, -0.25) is 4.99 Å². The van der Waals surface area contributed by atoms with Gasteiger partial charge in [0.1, 0.15) is 0 Å². The standard InChI is InChI=1S/C19H41N5O/c1-5-20-19(22-12-16-23(3)13-7-17-25-4)21-11-8-18-9-14-24(6-2)15-10-18/h18H,5-17H2,1-4H3,(H2,20,21,22). The second-order valence-corrected chi connectivity index (χ2v) is 7.00. The van der Waals surface area contributed by atoms with Crippen molar-refractivity contribution in [3.05, 3.63) is 0 Å². The van der Waals surface area contributed by atoms with E-state index in [2.05, 4.69) is 41.3 Å². The summed E-state index contributed by atoms with van der Waals surface area (Å²) in [5, 5.41) is 6.81. The molecule has 6 nitrogen and oxygen atoms in total. The zero-order valence-corrected chi connectivity index (χ0v) is 17.0. The SMILES string of the molecule is CCNC(=NCCC1CCN(CC)CC1)NCCN(C)CCCOC. The highest BCUT2D eigenvalue weighted by atomic mass is 16.5. The van der Waals surface area contributed by atoms with Gasteiger partial charge in [0.25, 0.3) is 0 Å². The van der Waals surface area contributed by atoms with Gasteiger partial charge in [-0.15, -0.1) is 0 Å². The van der Waals surface area contributed by atoms with Crippen LogP contribution in [-0.2, 0) is 4.74 Å². The highest BCUT2D eigenvalue weighted by molar-refractivity contribution is 5.79. The minimum atomic E-state index is 0.832. The highest BCUT2D eigenvalue weighted by Gasteiger charge is 2.17. The summed E-state index contributed by atoms with van der Waals surface area (Å²) in [6.45, 7) is 13.8. The van der Waals surface area contributed by atoms with Crippen molar-refractivity contribution in [2.24, 2.45) is 10.9 Å². The van der Waals surface area contributed by atoms with E-state index in [-0.39, 0.29) is 0 Å². The molecule has 0 atom stereocenters. The molecule has 0 aromatic rings. The zero-order chi connectivity index (χ0) is 18.3. The van der Waals surface area contributed by atoms with E-state index in [9.17, 15) is 0 Å². The number of likely N-dealkylation sites (tertiary alicyclic amines) is 1. The third-order valence-electron chi connectivity index (χ3n) is 4.98. The fourth-order valence-electron chi connectivity index (χ4n) is 3.25. The smallest absolute Gasteiger partial charge is 0.191 e. The molecule has 1 heterocycles. The molecule has 1 fully saturated rings. The second-order valence-electron chi connectivity index (χ2n) is 7.00. The van der Waals surface area contributed by atoms with Crippen LogP contribution in [0.25, 0.3) is 0 Å². The number of aliphatic imine (C=N–C) groups is 1. The average molecular weight is 356 g/mol. The molecule has 25 heavy (non-hydrogen) atoms. The van der Waals surface area contributed by atoms with Crippen molar-refractivity contribution < 1.29 is 4.74 Å². The number of guanidine groups is 1. The van der Waals surface area contributed by atoms with Gasteiger partial charge in [0.05, 0.1) is 0 Å². The number of methoxy groups -OCH3 is 1. The summed E-state index contributed by atoms with van der Waals surface area (Å²) in [6, 6.07) is 0. The number of nitrogens with one attached hydrogen (secondary N) is 2. The van der Waals surface area contributed by atoms with Crippen LogP contribution in [0.3, 0.4) is 0 Å². The predicted octanol–water partition coefficient (Wildman–Crippen LogP) is 1.63. The molecule has 0 amide bonds. The number of piperidine rings is 1. The first-order chi connectivity index (χ1) is 12.2. The van der Waals surface area contributed by atoms with E-state index in [0.29, 0.717) is 0 Å². The third kappa shape index (κ3) is 10.7. The molecule has 2 N–H and O–H groups in total. The van der Waals surface area contributed by atoms with E-state index >= 15 is 0 Å². The van der Waals surface area contributed by atoms with Crippen LogP contribution in [0.5, 0.6) is 0 Å². The summed E-state index contributed by atoms with van der Waals surface area (Å²) in [5.74, 6) is 1.81. The van der Waals surface area contributed by atoms with Crippen molar-refractivity contribution in [2.45, 2.75) is 39.5 Å². The molecule has 0 aromatic carbocycles. The topological polar surface area (TPSA) is 52.1 Å². The molecule has 0 unspecified atom stereocenters. The molecule has 0 bridgehead atoms. The van der Waals surface area contributed by atoms with Crippen molar-refractivity contribution in [3.63, 3.8) is 0 Å². The van der Waals surface area contributed by atoms with Crippen molar-refractivity contribution in [3.8, 4) is 0 Å². The molecular weight excluding hydrogens is 314 g/mol. The molecule has 6 heteroatoms. The van der Waals surface area contributed by atoms with E-state index in [4.69, 9.17) is 9.73 Å². The number of ether oxygens (including phenoxy) is 1. The number of rotatable bonds is 12. The molecule has 0 saturated carbocycles. The lowest BCUT2D eigenvalue weighted by Gasteiger charge is -2.30. The van der Waals surface area contributed by atoms with Crippen molar-refractivity contribution in [1.82, 2.24) is 20.4 Å². The van der Waals surface area contributed by atoms with Gasteiger partial charge in [-0.05, 0) is 65.2 Å². The molecular formula is C19H41N5O.